The lowest BCUT2D eigenvalue weighted by Crippen LogP contribution is -2.01. The molecule has 5 heteroatoms. The Morgan fingerprint density at radius 1 is 1.00 bits per heavy atom. The monoisotopic (exact) mass is 284 g/mol. The fraction of sp³-hybridized carbons (Fsp3) is 0.188. The molecule has 0 fully saturated rings. The first-order valence-electron chi connectivity index (χ1n) is 6.31. The van der Waals surface area contributed by atoms with Gasteiger partial charge in [0.15, 0.2) is 11.5 Å². The van der Waals surface area contributed by atoms with Crippen molar-refractivity contribution in [1.29, 1.82) is 5.26 Å². The molecule has 0 amide bonds. The van der Waals surface area contributed by atoms with Gasteiger partial charge in [0.05, 0.1) is 25.9 Å². The number of rotatable bonds is 5. The summed E-state index contributed by atoms with van der Waals surface area (Å²) < 4.78 is 16.2. The van der Waals surface area contributed by atoms with E-state index in [0.717, 1.165) is 5.56 Å². The predicted octanol–water partition coefficient (Wildman–Crippen LogP) is 2.74. The Hall–Kier alpha value is -2.87. The third-order valence-electron chi connectivity index (χ3n) is 2.98. The van der Waals surface area contributed by atoms with E-state index in [1.807, 2.05) is 0 Å². The molecule has 0 bridgehead atoms. The van der Waals surface area contributed by atoms with Gasteiger partial charge in [0.1, 0.15) is 12.4 Å². The van der Waals surface area contributed by atoms with Crippen molar-refractivity contribution in [3.63, 3.8) is 0 Å². The highest BCUT2D eigenvalue weighted by Crippen LogP contribution is 2.30. The molecule has 2 aromatic carbocycles. The molecule has 0 heterocycles. The molecule has 0 aliphatic heterocycles. The van der Waals surface area contributed by atoms with Crippen molar-refractivity contribution >= 4 is 5.69 Å². The van der Waals surface area contributed by atoms with Crippen molar-refractivity contribution < 1.29 is 14.2 Å². The first-order valence-corrected chi connectivity index (χ1v) is 6.31. The Bertz CT molecular complexity index is 678. The van der Waals surface area contributed by atoms with Crippen LogP contribution in [0, 0.1) is 11.3 Å². The fourth-order valence-electron chi connectivity index (χ4n) is 1.92. The van der Waals surface area contributed by atoms with Gasteiger partial charge in [-0.25, -0.2) is 0 Å². The van der Waals surface area contributed by atoms with Crippen LogP contribution < -0.4 is 19.9 Å². The van der Waals surface area contributed by atoms with Gasteiger partial charge in [0.2, 0.25) is 0 Å². The van der Waals surface area contributed by atoms with Crippen molar-refractivity contribution in [3.05, 3.63) is 47.5 Å². The molecule has 0 radical (unpaired) electrons. The number of anilines is 1. The van der Waals surface area contributed by atoms with E-state index in [-0.39, 0.29) is 6.61 Å². The third kappa shape index (κ3) is 3.37. The van der Waals surface area contributed by atoms with Gasteiger partial charge in [0.25, 0.3) is 0 Å². The first-order chi connectivity index (χ1) is 10.2. The summed E-state index contributed by atoms with van der Waals surface area (Å²) in [6, 6.07) is 12.5. The van der Waals surface area contributed by atoms with Crippen molar-refractivity contribution in [3.8, 4) is 23.3 Å². The zero-order valence-corrected chi connectivity index (χ0v) is 11.9. The van der Waals surface area contributed by atoms with Crippen LogP contribution in [-0.4, -0.2) is 14.2 Å². The van der Waals surface area contributed by atoms with Crippen molar-refractivity contribution in [1.82, 2.24) is 0 Å². The van der Waals surface area contributed by atoms with Gasteiger partial charge in [-0.1, -0.05) is 0 Å². The number of methoxy groups -OCH3 is 2. The number of hydrogen-bond donors (Lipinski definition) is 1. The molecule has 2 aromatic rings. The molecule has 0 spiro atoms. The molecule has 108 valence electrons. The summed E-state index contributed by atoms with van der Waals surface area (Å²) >= 11 is 0. The van der Waals surface area contributed by atoms with Gasteiger partial charge in [0, 0.05) is 17.3 Å². The highest BCUT2D eigenvalue weighted by Gasteiger charge is 2.09. The smallest absolute Gasteiger partial charge is 0.162 e. The van der Waals surface area contributed by atoms with Gasteiger partial charge in [-0.05, 0) is 30.3 Å². The Kier molecular flexibility index (Phi) is 4.52. The number of ether oxygens (including phenoxy) is 3. The van der Waals surface area contributed by atoms with Crippen molar-refractivity contribution in [2.24, 2.45) is 0 Å². The molecule has 0 unspecified atom stereocenters. The fourth-order valence-corrected chi connectivity index (χ4v) is 1.92. The van der Waals surface area contributed by atoms with Crippen LogP contribution in [0.2, 0.25) is 0 Å². The van der Waals surface area contributed by atoms with E-state index in [1.165, 1.54) is 0 Å². The molecule has 0 aliphatic rings. The van der Waals surface area contributed by atoms with Gasteiger partial charge in [-0.3, -0.25) is 0 Å². The van der Waals surface area contributed by atoms with Gasteiger partial charge < -0.3 is 19.9 Å². The summed E-state index contributed by atoms with van der Waals surface area (Å²) in [5.41, 5.74) is 7.64. The van der Waals surface area contributed by atoms with Crippen LogP contribution >= 0.6 is 0 Å². The van der Waals surface area contributed by atoms with Crippen LogP contribution in [0.25, 0.3) is 0 Å². The lowest BCUT2D eigenvalue weighted by molar-refractivity contribution is 0.278. The minimum absolute atomic E-state index is 0.263. The summed E-state index contributed by atoms with van der Waals surface area (Å²) in [6.45, 7) is 0.263. The van der Waals surface area contributed by atoms with Gasteiger partial charge in [-0.2, -0.15) is 5.26 Å². The average Bonchev–Trinajstić information content (AvgIpc) is 2.53. The van der Waals surface area contributed by atoms with Crippen LogP contribution in [0.15, 0.2) is 36.4 Å². The molecule has 0 aromatic heterocycles. The van der Waals surface area contributed by atoms with Crippen LogP contribution in [0.3, 0.4) is 0 Å². The van der Waals surface area contributed by atoms with Gasteiger partial charge >= 0.3 is 0 Å². The first kappa shape index (κ1) is 14.5. The van der Waals surface area contributed by atoms with Crippen molar-refractivity contribution in [2.45, 2.75) is 6.61 Å². The lowest BCUT2D eigenvalue weighted by Gasteiger charge is -2.13. The molecule has 0 aliphatic carbocycles. The largest absolute Gasteiger partial charge is 0.496 e. The van der Waals surface area contributed by atoms with Crippen LogP contribution in [0.1, 0.15) is 11.1 Å². The van der Waals surface area contributed by atoms with Crippen LogP contribution in [0.5, 0.6) is 17.2 Å². The quantitative estimate of drug-likeness (QED) is 0.854. The Morgan fingerprint density at radius 3 is 2.38 bits per heavy atom. The summed E-state index contributed by atoms with van der Waals surface area (Å²) in [5.74, 6) is 1.81. The molecule has 5 nitrogen and oxygen atoms in total. The number of nitrogens with zero attached hydrogens (tertiary/aromatic N) is 1. The zero-order chi connectivity index (χ0) is 15.2. The highest BCUT2D eigenvalue weighted by atomic mass is 16.5. The Morgan fingerprint density at radius 2 is 1.71 bits per heavy atom. The molecular weight excluding hydrogens is 268 g/mol. The van der Waals surface area contributed by atoms with E-state index in [9.17, 15) is 0 Å². The number of hydrogen-bond acceptors (Lipinski definition) is 5. The predicted molar refractivity (Wildman–Crippen MR) is 79.4 cm³/mol. The number of nitriles is 1. The lowest BCUT2D eigenvalue weighted by atomic mass is 10.1. The topological polar surface area (TPSA) is 77.5 Å². The molecule has 2 N–H and O–H groups in total. The minimum atomic E-state index is 0.263. The molecular formula is C16H16N2O3. The van der Waals surface area contributed by atoms with E-state index in [0.29, 0.717) is 28.5 Å². The summed E-state index contributed by atoms with van der Waals surface area (Å²) in [6.07, 6.45) is 0. The number of benzene rings is 2. The Labute approximate surface area is 123 Å². The van der Waals surface area contributed by atoms with E-state index in [4.69, 9.17) is 25.2 Å². The van der Waals surface area contributed by atoms with E-state index in [1.54, 1.807) is 50.6 Å². The maximum absolute atomic E-state index is 8.96. The highest BCUT2D eigenvalue weighted by molar-refractivity contribution is 5.52. The second-order valence-corrected chi connectivity index (χ2v) is 4.34. The molecule has 0 saturated carbocycles. The summed E-state index contributed by atoms with van der Waals surface area (Å²) in [5, 5.41) is 8.96. The SMILES string of the molecule is COc1ccc(C#N)cc1COc1ccc(N)cc1OC. The van der Waals surface area contributed by atoms with E-state index >= 15 is 0 Å². The maximum Gasteiger partial charge on any atom is 0.162 e. The van der Waals surface area contributed by atoms with Crippen molar-refractivity contribution in [2.75, 3.05) is 20.0 Å². The third-order valence-corrected chi connectivity index (χ3v) is 2.98. The molecule has 2 rings (SSSR count). The number of nitrogen functional groups attached to an aromatic ring is 1. The molecule has 21 heavy (non-hydrogen) atoms. The number of nitrogens with two attached hydrogens (primary N) is 1. The summed E-state index contributed by atoms with van der Waals surface area (Å²) in [7, 11) is 3.13. The maximum atomic E-state index is 8.96. The van der Waals surface area contributed by atoms with E-state index in [2.05, 4.69) is 6.07 Å². The standard InChI is InChI=1S/C16H16N2O3/c1-19-14-5-3-11(9-17)7-12(14)10-21-15-6-4-13(18)8-16(15)20-2/h3-8H,10,18H2,1-2H3. The second-order valence-electron chi connectivity index (χ2n) is 4.34. The minimum Gasteiger partial charge on any atom is -0.496 e. The average molecular weight is 284 g/mol. The van der Waals surface area contributed by atoms with Crippen LogP contribution in [0.4, 0.5) is 5.69 Å². The van der Waals surface area contributed by atoms with E-state index < -0.39 is 0 Å². The Balaban J connectivity index is 2.22. The summed E-state index contributed by atoms with van der Waals surface area (Å²) in [4.78, 5) is 0. The molecule has 0 saturated heterocycles. The zero-order valence-electron chi connectivity index (χ0n) is 11.9. The van der Waals surface area contributed by atoms with Gasteiger partial charge in [-0.15, -0.1) is 0 Å². The second kappa shape index (κ2) is 6.53. The molecule has 0 atom stereocenters. The van der Waals surface area contributed by atoms with Crippen LogP contribution in [-0.2, 0) is 6.61 Å². The normalized spacial score (nSPS) is 9.76.